The van der Waals surface area contributed by atoms with Crippen LogP contribution < -0.4 is 10.2 Å². The minimum atomic E-state index is -1.03. The summed E-state index contributed by atoms with van der Waals surface area (Å²) in [7, 11) is 1.65. The Bertz CT molecular complexity index is 665. The topological polar surface area (TPSA) is 69.6 Å². The van der Waals surface area contributed by atoms with Gasteiger partial charge in [-0.2, -0.15) is 0 Å². The SMILES string of the molecule is Cc1ccc(N(C)C(=O)Nc2cccc(C(=O)O)c2)cc1. The first-order valence-corrected chi connectivity index (χ1v) is 6.42. The fourth-order valence-electron chi connectivity index (χ4n) is 1.82. The molecule has 0 atom stereocenters. The van der Waals surface area contributed by atoms with Crippen LogP contribution >= 0.6 is 0 Å². The van der Waals surface area contributed by atoms with E-state index in [2.05, 4.69) is 5.32 Å². The molecule has 0 saturated carbocycles. The summed E-state index contributed by atoms with van der Waals surface area (Å²) in [6.07, 6.45) is 0. The third kappa shape index (κ3) is 3.60. The molecular formula is C16H16N2O3. The van der Waals surface area contributed by atoms with Gasteiger partial charge in [-0.25, -0.2) is 9.59 Å². The van der Waals surface area contributed by atoms with Crippen LogP contribution in [-0.2, 0) is 0 Å². The van der Waals surface area contributed by atoms with Gasteiger partial charge in [-0.15, -0.1) is 0 Å². The summed E-state index contributed by atoms with van der Waals surface area (Å²) in [6.45, 7) is 1.97. The molecule has 5 heteroatoms. The molecule has 0 radical (unpaired) electrons. The van der Waals surface area contributed by atoms with Crippen molar-refractivity contribution >= 4 is 23.4 Å². The van der Waals surface area contributed by atoms with Gasteiger partial charge in [0.1, 0.15) is 0 Å². The summed E-state index contributed by atoms with van der Waals surface area (Å²) >= 11 is 0. The van der Waals surface area contributed by atoms with E-state index in [-0.39, 0.29) is 11.6 Å². The highest BCUT2D eigenvalue weighted by Crippen LogP contribution is 2.16. The van der Waals surface area contributed by atoms with E-state index in [4.69, 9.17) is 5.11 Å². The molecule has 0 aliphatic rings. The molecule has 108 valence electrons. The molecule has 0 aromatic heterocycles. The molecule has 2 aromatic rings. The first kappa shape index (κ1) is 14.6. The Hall–Kier alpha value is -2.82. The van der Waals surface area contributed by atoms with Crippen molar-refractivity contribution in [2.45, 2.75) is 6.92 Å². The maximum Gasteiger partial charge on any atom is 0.335 e. The monoisotopic (exact) mass is 284 g/mol. The summed E-state index contributed by atoms with van der Waals surface area (Å²) in [5, 5.41) is 11.6. The van der Waals surface area contributed by atoms with Gasteiger partial charge in [0.25, 0.3) is 0 Å². The van der Waals surface area contributed by atoms with E-state index in [1.54, 1.807) is 19.2 Å². The number of amides is 2. The Labute approximate surface area is 122 Å². The zero-order valence-corrected chi connectivity index (χ0v) is 11.8. The number of benzene rings is 2. The lowest BCUT2D eigenvalue weighted by Gasteiger charge is -2.18. The third-order valence-corrected chi connectivity index (χ3v) is 3.09. The van der Waals surface area contributed by atoms with Crippen molar-refractivity contribution in [3.05, 3.63) is 59.7 Å². The summed E-state index contributed by atoms with van der Waals surface area (Å²) in [6, 6.07) is 13.3. The van der Waals surface area contributed by atoms with Crippen LogP contribution in [0.3, 0.4) is 0 Å². The summed E-state index contributed by atoms with van der Waals surface area (Å²) in [4.78, 5) is 24.5. The fraction of sp³-hybridized carbons (Fsp3) is 0.125. The maximum atomic E-state index is 12.1. The highest BCUT2D eigenvalue weighted by Gasteiger charge is 2.11. The lowest BCUT2D eigenvalue weighted by molar-refractivity contribution is 0.0697. The van der Waals surface area contributed by atoms with Gasteiger partial charge in [0, 0.05) is 18.4 Å². The van der Waals surface area contributed by atoms with E-state index in [0.29, 0.717) is 5.69 Å². The van der Waals surface area contributed by atoms with Crippen molar-refractivity contribution < 1.29 is 14.7 Å². The van der Waals surface area contributed by atoms with E-state index < -0.39 is 5.97 Å². The molecule has 0 saturated heterocycles. The largest absolute Gasteiger partial charge is 0.478 e. The molecule has 0 aliphatic heterocycles. The number of anilines is 2. The van der Waals surface area contributed by atoms with E-state index in [0.717, 1.165) is 11.3 Å². The molecule has 0 unspecified atom stereocenters. The van der Waals surface area contributed by atoms with Crippen LogP contribution in [0.25, 0.3) is 0 Å². The van der Waals surface area contributed by atoms with Gasteiger partial charge in [0.15, 0.2) is 0 Å². The van der Waals surface area contributed by atoms with Crippen molar-refractivity contribution in [1.29, 1.82) is 0 Å². The lowest BCUT2D eigenvalue weighted by Crippen LogP contribution is -2.31. The Morgan fingerprint density at radius 3 is 2.38 bits per heavy atom. The van der Waals surface area contributed by atoms with Gasteiger partial charge in [-0.3, -0.25) is 4.90 Å². The summed E-state index contributed by atoms with van der Waals surface area (Å²) in [5.41, 5.74) is 2.44. The van der Waals surface area contributed by atoms with Gasteiger partial charge >= 0.3 is 12.0 Å². The Morgan fingerprint density at radius 2 is 1.76 bits per heavy atom. The van der Waals surface area contributed by atoms with Crippen LogP contribution in [0.1, 0.15) is 15.9 Å². The summed E-state index contributed by atoms with van der Waals surface area (Å²) in [5.74, 6) is -1.03. The van der Waals surface area contributed by atoms with Crippen molar-refractivity contribution in [2.24, 2.45) is 0 Å². The molecule has 5 nitrogen and oxygen atoms in total. The molecule has 0 heterocycles. The molecular weight excluding hydrogens is 268 g/mol. The standard InChI is InChI=1S/C16H16N2O3/c1-11-6-8-14(9-7-11)18(2)16(21)17-13-5-3-4-12(10-13)15(19)20/h3-10H,1-2H3,(H,17,21)(H,19,20). The Balaban J connectivity index is 2.12. The average Bonchev–Trinajstić information content (AvgIpc) is 2.47. The zero-order chi connectivity index (χ0) is 15.4. The average molecular weight is 284 g/mol. The first-order valence-electron chi connectivity index (χ1n) is 6.42. The number of aryl methyl sites for hydroxylation is 1. The van der Waals surface area contributed by atoms with E-state index in [1.165, 1.54) is 17.0 Å². The van der Waals surface area contributed by atoms with Crippen molar-refractivity contribution in [1.82, 2.24) is 0 Å². The van der Waals surface area contributed by atoms with Crippen LogP contribution in [0.15, 0.2) is 48.5 Å². The second kappa shape index (κ2) is 6.09. The lowest BCUT2D eigenvalue weighted by atomic mass is 10.2. The van der Waals surface area contributed by atoms with Gasteiger partial charge in [0.2, 0.25) is 0 Å². The minimum absolute atomic E-state index is 0.130. The second-order valence-electron chi connectivity index (χ2n) is 4.71. The number of carbonyl (C=O) groups excluding carboxylic acids is 1. The number of carboxylic acids is 1. The highest BCUT2D eigenvalue weighted by molar-refractivity contribution is 6.02. The van der Waals surface area contributed by atoms with Gasteiger partial charge < -0.3 is 10.4 Å². The first-order chi connectivity index (χ1) is 9.97. The number of hydrogen-bond acceptors (Lipinski definition) is 2. The number of urea groups is 1. The molecule has 2 amide bonds. The Kier molecular flexibility index (Phi) is 4.23. The van der Waals surface area contributed by atoms with Crippen molar-refractivity contribution in [3.8, 4) is 0 Å². The van der Waals surface area contributed by atoms with Crippen LogP contribution in [0.5, 0.6) is 0 Å². The van der Waals surface area contributed by atoms with E-state index in [9.17, 15) is 9.59 Å². The molecule has 21 heavy (non-hydrogen) atoms. The van der Waals surface area contributed by atoms with Crippen molar-refractivity contribution in [2.75, 3.05) is 17.3 Å². The highest BCUT2D eigenvalue weighted by atomic mass is 16.4. The van der Waals surface area contributed by atoms with Crippen LogP contribution in [0.4, 0.5) is 16.2 Å². The smallest absolute Gasteiger partial charge is 0.335 e. The number of carbonyl (C=O) groups is 2. The normalized spacial score (nSPS) is 10.0. The number of nitrogens with one attached hydrogen (secondary N) is 1. The molecule has 0 bridgehead atoms. The number of rotatable bonds is 3. The Morgan fingerprint density at radius 1 is 1.10 bits per heavy atom. The molecule has 0 fully saturated rings. The molecule has 2 N–H and O–H groups in total. The van der Waals surface area contributed by atoms with Crippen LogP contribution in [0, 0.1) is 6.92 Å². The van der Waals surface area contributed by atoms with E-state index >= 15 is 0 Å². The fourth-order valence-corrected chi connectivity index (χ4v) is 1.82. The molecule has 0 aliphatic carbocycles. The number of hydrogen-bond donors (Lipinski definition) is 2. The molecule has 2 aromatic carbocycles. The van der Waals surface area contributed by atoms with Crippen LogP contribution in [0.2, 0.25) is 0 Å². The quantitative estimate of drug-likeness (QED) is 0.908. The summed E-state index contributed by atoms with van der Waals surface area (Å²) < 4.78 is 0. The minimum Gasteiger partial charge on any atom is -0.478 e. The molecule has 2 rings (SSSR count). The van der Waals surface area contributed by atoms with Gasteiger partial charge in [-0.05, 0) is 37.3 Å². The van der Waals surface area contributed by atoms with Crippen molar-refractivity contribution in [3.63, 3.8) is 0 Å². The number of carboxylic acid groups (broad SMARTS) is 1. The second-order valence-corrected chi connectivity index (χ2v) is 4.71. The van der Waals surface area contributed by atoms with Gasteiger partial charge in [-0.1, -0.05) is 23.8 Å². The van der Waals surface area contributed by atoms with Gasteiger partial charge in [0.05, 0.1) is 5.56 Å². The van der Waals surface area contributed by atoms with Crippen LogP contribution in [-0.4, -0.2) is 24.2 Å². The zero-order valence-electron chi connectivity index (χ0n) is 11.8. The third-order valence-electron chi connectivity index (χ3n) is 3.09. The molecule has 0 spiro atoms. The van der Waals surface area contributed by atoms with E-state index in [1.807, 2.05) is 31.2 Å². The maximum absolute atomic E-state index is 12.1. The predicted molar refractivity (Wildman–Crippen MR) is 82.0 cm³/mol. The number of aromatic carboxylic acids is 1. The number of nitrogens with zero attached hydrogens (tertiary/aromatic N) is 1. The predicted octanol–water partition coefficient (Wildman–Crippen LogP) is 3.36.